The third-order valence-electron chi connectivity index (χ3n) is 2.52. The van der Waals surface area contributed by atoms with E-state index >= 15 is 0 Å². The number of nitrogens with zero attached hydrogens (tertiary/aromatic N) is 1. The second-order valence-electron chi connectivity index (χ2n) is 3.92. The molecule has 2 aromatic rings. The van der Waals surface area contributed by atoms with Gasteiger partial charge in [0.1, 0.15) is 5.75 Å². The number of benzene rings is 1. The van der Waals surface area contributed by atoms with Gasteiger partial charge in [-0.05, 0) is 23.8 Å². The van der Waals surface area contributed by atoms with Gasteiger partial charge in [-0.25, -0.2) is 0 Å². The fourth-order valence-electron chi connectivity index (χ4n) is 1.63. The van der Waals surface area contributed by atoms with Gasteiger partial charge >= 0.3 is 6.61 Å². The molecule has 0 aliphatic rings. The zero-order valence-corrected chi connectivity index (χ0v) is 10.4. The average molecular weight is 278 g/mol. The fraction of sp³-hybridized carbons (Fsp3) is 0.143. The van der Waals surface area contributed by atoms with Gasteiger partial charge in [0, 0.05) is 18.9 Å². The maximum Gasteiger partial charge on any atom is 0.387 e. The lowest BCUT2D eigenvalue weighted by molar-refractivity contribution is -0.0501. The molecule has 0 bridgehead atoms. The molecule has 104 valence electrons. The topological polar surface area (TPSA) is 51.2 Å². The number of carbonyl (C=O) groups is 1. The normalized spacial score (nSPS) is 10.3. The van der Waals surface area contributed by atoms with Gasteiger partial charge in [-0.2, -0.15) is 8.78 Å². The highest BCUT2D eigenvalue weighted by Gasteiger charge is 2.14. The van der Waals surface area contributed by atoms with Crippen molar-refractivity contribution >= 4 is 5.91 Å². The summed E-state index contributed by atoms with van der Waals surface area (Å²) in [5.41, 5.74) is 0.879. The quantitative estimate of drug-likeness (QED) is 0.914. The summed E-state index contributed by atoms with van der Waals surface area (Å²) in [5, 5.41) is 2.63. The maximum absolute atomic E-state index is 12.3. The van der Waals surface area contributed by atoms with Crippen molar-refractivity contribution in [3.05, 3.63) is 59.9 Å². The van der Waals surface area contributed by atoms with Crippen molar-refractivity contribution < 1.29 is 18.3 Å². The smallest absolute Gasteiger partial charge is 0.387 e. The van der Waals surface area contributed by atoms with Gasteiger partial charge in [-0.3, -0.25) is 9.78 Å². The summed E-state index contributed by atoms with van der Waals surface area (Å²) >= 11 is 0. The van der Waals surface area contributed by atoms with Crippen LogP contribution in [0.3, 0.4) is 0 Å². The molecule has 0 atom stereocenters. The van der Waals surface area contributed by atoms with Gasteiger partial charge in [0.25, 0.3) is 5.91 Å². The van der Waals surface area contributed by atoms with Crippen LogP contribution < -0.4 is 10.1 Å². The summed E-state index contributed by atoms with van der Waals surface area (Å²) in [6.45, 7) is -2.71. The molecule has 6 heteroatoms. The third-order valence-corrected chi connectivity index (χ3v) is 2.52. The van der Waals surface area contributed by atoms with Crippen molar-refractivity contribution in [2.45, 2.75) is 13.2 Å². The van der Waals surface area contributed by atoms with Crippen molar-refractivity contribution in [3.8, 4) is 5.75 Å². The molecule has 1 heterocycles. The lowest BCUT2D eigenvalue weighted by atomic mass is 10.2. The summed E-state index contributed by atoms with van der Waals surface area (Å²) in [7, 11) is 0. The Morgan fingerprint density at radius 3 is 2.75 bits per heavy atom. The molecule has 0 aliphatic carbocycles. The minimum atomic E-state index is -2.97. The van der Waals surface area contributed by atoms with Crippen molar-refractivity contribution in [1.82, 2.24) is 10.3 Å². The highest BCUT2D eigenvalue weighted by molar-refractivity contribution is 5.96. The number of hydrogen-bond donors (Lipinski definition) is 1. The van der Waals surface area contributed by atoms with Crippen LogP contribution in [0.4, 0.5) is 8.78 Å². The molecule has 0 radical (unpaired) electrons. The van der Waals surface area contributed by atoms with Crippen molar-refractivity contribution in [3.63, 3.8) is 0 Å². The van der Waals surface area contributed by atoms with E-state index in [1.807, 2.05) is 0 Å². The summed E-state index contributed by atoms with van der Waals surface area (Å²) in [6.07, 6.45) is 3.24. The Morgan fingerprint density at radius 1 is 1.25 bits per heavy atom. The monoisotopic (exact) mass is 278 g/mol. The molecule has 4 nitrogen and oxygen atoms in total. The first-order chi connectivity index (χ1) is 9.66. The molecule has 2 rings (SSSR count). The Balaban J connectivity index is 2.05. The number of carbonyl (C=O) groups excluding carboxylic acids is 1. The number of pyridine rings is 1. The third kappa shape index (κ3) is 3.74. The minimum absolute atomic E-state index is 0.0664. The van der Waals surface area contributed by atoms with Crippen LogP contribution in [0.2, 0.25) is 0 Å². The van der Waals surface area contributed by atoms with Gasteiger partial charge in [0.15, 0.2) is 0 Å². The largest absolute Gasteiger partial charge is 0.434 e. The molecule has 0 saturated heterocycles. The van der Waals surface area contributed by atoms with Crippen LogP contribution in [-0.2, 0) is 6.54 Å². The highest BCUT2D eigenvalue weighted by Crippen LogP contribution is 2.20. The van der Waals surface area contributed by atoms with E-state index < -0.39 is 12.5 Å². The van der Waals surface area contributed by atoms with Gasteiger partial charge in [-0.1, -0.05) is 18.2 Å². The second-order valence-corrected chi connectivity index (χ2v) is 3.92. The molecule has 1 amide bonds. The molecule has 0 aliphatic heterocycles. The predicted molar refractivity (Wildman–Crippen MR) is 68.5 cm³/mol. The van der Waals surface area contributed by atoms with Crippen molar-refractivity contribution in [1.29, 1.82) is 0 Å². The number of alkyl halides is 2. The van der Waals surface area contributed by atoms with E-state index in [2.05, 4.69) is 15.0 Å². The van der Waals surface area contributed by atoms with Crippen LogP contribution in [0.5, 0.6) is 5.75 Å². The van der Waals surface area contributed by atoms with Crippen LogP contribution in [0.25, 0.3) is 0 Å². The molecule has 1 aromatic heterocycles. The molecule has 0 fully saturated rings. The van der Waals surface area contributed by atoms with Gasteiger partial charge in [0.05, 0.1) is 5.56 Å². The number of nitrogens with one attached hydrogen (secondary N) is 1. The van der Waals surface area contributed by atoms with E-state index in [1.54, 1.807) is 30.6 Å². The number of ether oxygens (including phenoxy) is 1. The lowest BCUT2D eigenvalue weighted by Gasteiger charge is -2.10. The number of aromatic nitrogens is 1. The molecule has 1 N–H and O–H groups in total. The molecule has 20 heavy (non-hydrogen) atoms. The fourth-order valence-corrected chi connectivity index (χ4v) is 1.63. The number of halogens is 2. The lowest BCUT2D eigenvalue weighted by Crippen LogP contribution is -2.23. The van der Waals surface area contributed by atoms with Crippen LogP contribution >= 0.6 is 0 Å². The zero-order chi connectivity index (χ0) is 14.4. The van der Waals surface area contributed by atoms with Crippen molar-refractivity contribution in [2.24, 2.45) is 0 Å². The van der Waals surface area contributed by atoms with E-state index in [9.17, 15) is 13.6 Å². The van der Waals surface area contributed by atoms with E-state index in [0.717, 1.165) is 5.56 Å². The first kappa shape index (κ1) is 13.9. The van der Waals surface area contributed by atoms with Gasteiger partial charge < -0.3 is 10.1 Å². The first-order valence-corrected chi connectivity index (χ1v) is 5.88. The molecule has 0 spiro atoms. The Kier molecular flexibility index (Phi) is 4.60. The van der Waals surface area contributed by atoms with E-state index in [4.69, 9.17) is 0 Å². The van der Waals surface area contributed by atoms with Gasteiger partial charge in [0.2, 0.25) is 0 Å². The van der Waals surface area contributed by atoms with Crippen LogP contribution in [0, 0.1) is 0 Å². The SMILES string of the molecule is O=C(NCc1cccnc1)c1ccccc1OC(F)F. The van der Waals surface area contributed by atoms with Crippen LogP contribution in [0.15, 0.2) is 48.8 Å². The Labute approximate surface area is 114 Å². The first-order valence-electron chi connectivity index (χ1n) is 5.88. The van der Waals surface area contributed by atoms with E-state index in [-0.39, 0.29) is 17.9 Å². The Hall–Kier alpha value is -2.50. The molecule has 1 aromatic carbocycles. The number of para-hydroxylation sites is 1. The number of hydrogen-bond acceptors (Lipinski definition) is 3. The Morgan fingerprint density at radius 2 is 2.05 bits per heavy atom. The maximum atomic E-state index is 12.3. The Bertz CT molecular complexity index is 576. The molecule has 0 unspecified atom stereocenters. The highest BCUT2D eigenvalue weighted by atomic mass is 19.3. The summed E-state index contributed by atoms with van der Waals surface area (Å²) in [4.78, 5) is 15.9. The average Bonchev–Trinajstić information content (AvgIpc) is 2.46. The van der Waals surface area contributed by atoms with E-state index in [0.29, 0.717) is 0 Å². The predicted octanol–water partition coefficient (Wildman–Crippen LogP) is 2.61. The summed E-state index contributed by atoms with van der Waals surface area (Å²) in [6, 6.07) is 9.40. The van der Waals surface area contributed by atoms with Crippen LogP contribution in [-0.4, -0.2) is 17.5 Å². The number of rotatable bonds is 5. The zero-order valence-electron chi connectivity index (χ0n) is 10.4. The molecular weight excluding hydrogens is 266 g/mol. The van der Waals surface area contributed by atoms with Crippen LogP contribution in [0.1, 0.15) is 15.9 Å². The van der Waals surface area contributed by atoms with Gasteiger partial charge in [-0.15, -0.1) is 0 Å². The minimum Gasteiger partial charge on any atom is -0.434 e. The van der Waals surface area contributed by atoms with Crippen molar-refractivity contribution in [2.75, 3.05) is 0 Å². The number of amides is 1. The second kappa shape index (κ2) is 6.60. The summed E-state index contributed by atoms with van der Waals surface area (Å²) < 4.78 is 28.8. The standard InChI is InChI=1S/C14H12F2N2O2/c15-14(16)20-12-6-2-1-5-11(12)13(19)18-9-10-4-3-7-17-8-10/h1-8,14H,9H2,(H,18,19). The summed E-state index contributed by atoms with van der Waals surface area (Å²) in [5.74, 6) is -0.628. The van der Waals surface area contributed by atoms with E-state index in [1.165, 1.54) is 18.2 Å². The molecular formula is C14H12F2N2O2. The molecule has 0 saturated carbocycles.